The predicted molar refractivity (Wildman–Crippen MR) is 100 cm³/mol. The molecule has 0 saturated heterocycles. The van der Waals surface area contributed by atoms with Gasteiger partial charge in [-0.2, -0.15) is 5.10 Å². The molecule has 1 N–H and O–H groups in total. The number of hydrogen-bond acceptors (Lipinski definition) is 5. The Morgan fingerprint density at radius 1 is 1.22 bits per heavy atom. The lowest BCUT2D eigenvalue weighted by Gasteiger charge is -2.15. The number of rotatable bonds is 7. The van der Waals surface area contributed by atoms with Gasteiger partial charge >= 0.3 is 0 Å². The van der Waals surface area contributed by atoms with Gasteiger partial charge < -0.3 is 10.1 Å². The number of amides is 1. The molecule has 3 aromatic rings. The molecule has 1 unspecified atom stereocenters. The van der Waals surface area contributed by atoms with Gasteiger partial charge in [-0.05, 0) is 37.1 Å². The van der Waals surface area contributed by atoms with Gasteiger partial charge in [-0.3, -0.25) is 9.59 Å². The van der Waals surface area contributed by atoms with Crippen LogP contribution in [0.3, 0.4) is 0 Å². The molecule has 1 atom stereocenters. The van der Waals surface area contributed by atoms with Crippen LogP contribution in [0.2, 0.25) is 0 Å². The number of nitrogens with zero attached hydrogens (tertiary/aromatic N) is 4. The predicted octanol–water partition coefficient (Wildman–Crippen LogP) is 1.36. The van der Waals surface area contributed by atoms with E-state index in [0.717, 1.165) is 16.0 Å². The van der Waals surface area contributed by atoms with E-state index in [1.54, 1.807) is 38.6 Å². The number of nitrogens with one attached hydrogen (secondary N) is 1. The molecule has 1 amide bonds. The summed E-state index contributed by atoms with van der Waals surface area (Å²) in [6, 6.07) is 11.6. The lowest BCUT2D eigenvalue weighted by molar-refractivity contribution is -0.124. The third-order valence-corrected chi connectivity index (χ3v) is 4.18. The number of ether oxygens (including phenoxy) is 1. The number of aromatic nitrogens is 4. The molecule has 0 aliphatic heterocycles. The maximum atomic E-state index is 12.5. The molecule has 0 fully saturated rings. The lowest BCUT2D eigenvalue weighted by Crippen LogP contribution is -2.38. The smallest absolute Gasteiger partial charge is 0.267 e. The Kier molecular flexibility index (Phi) is 5.65. The van der Waals surface area contributed by atoms with Gasteiger partial charge in [-0.1, -0.05) is 18.2 Å². The zero-order chi connectivity index (χ0) is 19.2. The summed E-state index contributed by atoms with van der Waals surface area (Å²) in [6.07, 6.45) is 3.96. The molecular weight excluding hydrogens is 346 g/mol. The third kappa shape index (κ3) is 4.22. The van der Waals surface area contributed by atoms with E-state index in [1.165, 1.54) is 10.7 Å². The number of carbonyl (C=O) groups excluding carboxylic acids is 1. The van der Waals surface area contributed by atoms with Gasteiger partial charge in [0.2, 0.25) is 5.91 Å². The van der Waals surface area contributed by atoms with Crippen LogP contribution in [-0.4, -0.2) is 39.1 Å². The van der Waals surface area contributed by atoms with E-state index < -0.39 is 6.04 Å². The van der Waals surface area contributed by atoms with Crippen molar-refractivity contribution in [3.63, 3.8) is 0 Å². The second kappa shape index (κ2) is 8.31. The van der Waals surface area contributed by atoms with E-state index in [0.29, 0.717) is 18.8 Å². The summed E-state index contributed by atoms with van der Waals surface area (Å²) in [7, 11) is 1.62. The fourth-order valence-corrected chi connectivity index (χ4v) is 2.71. The highest BCUT2D eigenvalue weighted by Gasteiger charge is 2.18. The summed E-state index contributed by atoms with van der Waals surface area (Å²) < 4.78 is 8.00. The molecule has 0 aliphatic carbocycles. The summed E-state index contributed by atoms with van der Waals surface area (Å²) >= 11 is 0. The summed E-state index contributed by atoms with van der Waals surface area (Å²) in [6.45, 7) is 2.07. The van der Waals surface area contributed by atoms with Crippen molar-refractivity contribution < 1.29 is 9.53 Å². The fraction of sp³-hybridized carbons (Fsp3) is 0.263. The normalized spacial score (nSPS) is 11.8. The molecular formula is C19H21N5O3. The summed E-state index contributed by atoms with van der Waals surface area (Å²) in [4.78, 5) is 24.6. The van der Waals surface area contributed by atoms with Crippen LogP contribution in [0, 0.1) is 0 Å². The van der Waals surface area contributed by atoms with Crippen molar-refractivity contribution in [2.24, 2.45) is 0 Å². The van der Waals surface area contributed by atoms with Crippen molar-refractivity contribution in [1.82, 2.24) is 24.9 Å². The van der Waals surface area contributed by atoms with Crippen molar-refractivity contribution in [3.8, 4) is 11.6 Å². The highest BCUT2D eigenvalue weighted by molar-refractivity contribution is 5.79. The number of benzene rings is 1. The molecule has 2 heterocycles. The first-order valence-corrected chi connectivity index (χ1v) is 8.59. The zero-order valence-corrected chi connectivity index (χ0v) is 15.2. The molecule has 27 heavy (non-hydrogen) atoms. The molecule has 8 heteroatoms. The Labute approximate surface area is 156 Å². The van der Waals surface area contributed by atoms with E-state index in [9.17, 15) is 9.59 Å². The van der Waals surface area contributed by atoms with E-state index in [1.807, 2.05) is 24.3 Å². The van der Waals surface area contributed by atoms with Crippen molar-refractivity contribution in [2.75, 3.05) is 13.7 Å². The first-order chi connectivity index (χ1) is 13.1. The van der Waals surface area contributed by atoms with Gasteiger partial charge in [-0.15, -0.1) is 5.10 Å². The highest BCUT2D eigenvalue weighted by Crippen LogP contribution is 2.17. The van der Waals surface area contributed by atoms with Crippen molar-refractivity contribution >= 4 is 5.91 Å². The van der Waals surface area contributed by atoms with Gasteiger partial charge in [0, 0.05) is 25.0 Å². The molecule has 0 aliphatic rings. The van der Waals surface area contributed by atoms with Crippen molar-refractivity contribution in [1.29, 1.82) is 0 Å². The van der Waals surface area contributed by atoms with Gasteiger partial charge in [-0.25, -0.2) is 9.36 Å². The minimum atomic E-state index is -0.745. The Hall–Kier alpha value is -3.42. The van der Waals surface area contributed by atoms with Crippen LogP contribution in [0.1, 0.15) is 18.5 Å². The van der Waals surface area contributed by atoms with E-state index in [2.05, 4.69) is 15.5 Å². The second-order valence-corrected chi connectivity index (χ2v) is 5.95. The molecule has 0 spiro atoms. The summed E-state index contributed by atoms with van der Waals surface area (Å²) in [5.41, 5.74) is 0.655. The molecule has 0 saturated carbocycles. The first-order valence-electron chi connectivity index (χ1n) is 8.59. The van der Waals surface area contributed by atoms with Crippen LogP contribution in [0.4, 0.5) is 0 Å². The van der Waals surface area contributed by atoms with Gasteiger partial charge in [0.1, 0.15) is 11.8 Å². The van der Waals surface area contributed by atoms with Gasteiger partial charge in [0.15, 0.2) is 5.82 Å². The Bertz CT molecular complexity index is 965. The van der Waals surface area contributed by atoms with Gasteiger partial charge in [0.05, 0.1) is 7.11 Å². The molecule has 3 rings (SSSR count). The fourth-order valence-electron chi connectivity index (χ4n) is 2.71. The lowest BCUT2D eigenvalue weighted by atomic mass is 10.1. The zero-order valence-electron chi connectivity index (χ0n) is 15.2. The number of hydrogen-bond donors (Lipinski definition) is 1. The monoisotopic (exact) mass is 367 g/mol. The largest absolute Gasteiger partial charge is 0.496 e. The molecule has 1 aromatic carbocycles. The Balaban J connectivity index is 1.67. The Morgan fingerprint density at radius 3 is 2.78 bits per heavy atom. The minimum absolute atomic E-state index is 0.280. The van der Waals surface area contributed by atoms with Crippen molar-refractivity contribution in [3.05, 3.63) is 70.8 Å². The quantitative estimate of drug-likeness (QED) is 0.681. The van der Waals surface area contributed by atoms with Gasteiger partial charge in [0.25, 0.3) is 5.56 Å². The molecule has 8 nitrogen and oxygen atoms in total. The average Bonchev–Trinajstić information content (AvgIpc) is 3.23. The van der Waals surface area contributed by atoms with Crippen LogP contribution >= 0.6 is 0 Å². The van der Waals surface area contributed by atoms with Crippen LogP contribution in [-0.2, 0) is 11.2 Å². The maximum Gasteiger partial charge on any atom is 0.267 e. The molecule has 2 aromatic heterocycles. The molecule has 0 radical (unpaired) electrons. The van der Waals surface area contributed by atoms with Crippen molar-refractivity contribution in [2.45, 2.75) is 19.4 Å². The third-order valence-electron chi connectivity index (χ3n) is 4.18. The van der Waals surface area contributed by atoms with E-state index in [4.69, 9.17) is 4.74 Å². The molecule has 0 bridgehead atoms. The molecule has 140 valence electrons. The second-order valence-electron chi connectivity index (χ2n) is 5.95. The summed E-state index contributed by atoms with van der Waals surface area (Å²) in [5.74, 6) is 0.968. The van der Waals surface area contributed by atoms with E-state index in [-0.39, 0.29) is 11.5 Å². The van der Waals surface area contributed by atoms with Crippen LogP contribution in [0.25, 0.3) is 5.82 Å². The van der Waals surface area contributed by atoms with Crippen LogP contribution < -0.4 is 15.6 Å². The SMILES string of the molecule is COc1ccccc1CCNC(=O)C(C)n1nc(-n2cccn2)ccc1=O. The number of methoxy groups -OCH3 is 1. The summed E-state index contributed by atoms with van der Waals surface area (Å²) in [5, 5.41) is 11.2. The first kappa shape index (κ1) is 18.4. The van der Waals surface area contributed by atoms with Crippen LogP contribution in [0.5, 0.6) is 5.75 Å². The highest BCUT2D eigenvalue weighted by atomic mass is 16.5. The standard InChI is InChI=1S/C19H21N5O3/c1-14(19(26)20-12-10-15-6-3-4-7-16(15)27-2)24-18(25)9-8-17(22-24)23-13-5-11-21-23/h3-9,11,13-14H,10,12H2,1-2H3,(H,20,26). The maximum absolute atomic E-state index is 12.5. The number of para-hydroxylation sites is 1. The average molecular weight is 367 g/mol. The minimum Gasteiger partial charge on any atom is -0.496 e. The van der Waals surface area contributed by atoms with Crippen LogP contribution in [0.15, 0.2) is 59.7 Å². The number of carbonyl (C=O) groups is 1. The van der Waals surface area contributed by atoms with E-state index >= 15 is 0 Å². The Morgan fingerprint density at radius 2 is 2.04 bits per heavy atom. The topological polar surface area (TPSA) is 91.0 Å².